The summed E-state index contributed by atoms with van der Waals surface area (Å²) in [5.41, 5.74) is 6.88. The van der Waals surface area contributed by atoms with Gasteiger partial charge in [0.15, 0.2) is 0 Å². The zero-order chi connectivity index (χ0) is 14.0. The molecule has 0 fully saturated rings. The fourth-order valence-corrected chi connectivity index (χ4v) is 2.95. The van der Waals surface area contributed by atoms with E-state index in [1.807, 2.05) is 0 Å². The SMILES string of the molecule is Cc1cc(O)ccc1NS(=O)(=O)c1ccccc1N. The molecule has 2 rings (SSSR count). The quantitative estimate of drug-likeness (QED) is 0.592. The molecular formula is C13H14N2O3S. The number of nitrogens with one attached hydrogen (secondary N) is 1. The summed E-state index contributed by atoms with van der Waals surface area (Å²) in [7, 11) is -3.74. The molecule has 4 N–H and O–H groups in total. The minimum absolute atomic E-state index is 0.0301. The van der Waals surface area contributed by atoms with Crippen molar-refractivity contribution in [2.24, 2.45) is 0 Å². The minimum atomic E-state index is -3.74. The molecule has 0 spiro atoms. The van der Waals surface area contributed by atoms with Crippen LogP contribution in [0.4, 0.5) is 11.4 Å². The fraction of sp³-hybridized carbons (Fsp3) is 0.0769. The molecule has 2 aromatic carbocycles. The number of phenolic OH excluding ortho intramolecular Hbond substituents is 1. The Hall–Kier alpha value is -2.21. The van der Waals surface area contributed by atoms with Crippen LogP contribution in [0.15, 0.2) is 47.4 Å². The van der Waals surface area contributed by atoms with Crippen LogP contribution >= 0.6 is 0 Å². The molecule has 0 radical (unpaired) electrons. The van der Waals surface area contributed by atoms with Crippen LogP contribution in [0.25, 0.3) is 0 Å². The number of aromatic hydroxyl groups is 1. The zero-order valence-corrected chi connectivity index (χ0v) is 11.1. The van der Waals surface area contributed by atoms with Crippen molar-refractivity contribution in [3.05, 3.63) is 48.0 Å². The van der Waals surface area contributed by atoms with Crippen LogP contribution in [0.3, 0.4) is 0 Å². The van der Waals surface area contributed by atoms with Gasteiger partial charge >= 0.3 is 0 Å². The van der Waals surface area contributed by atoms with Crippen LogP contribution in [-0.4, -0.2) is 13.5 Å². The van der Waals surface area contributed by atoms with Gasteiger partial charge in [0.25, 0.3) is 10.0 Å². The maximum Gasteiger partial charge on any atom is 0.263 e. The van der Waals surface area contributed by atoms with E-state index in [0.29, 0.717) is 11.3 Å². The third kappa shape index (κ3) is 2.79. The molecule has 0 bridgehead atoms. The predicted molar refractivity (Wildman–Crippen MR) is 74.5 cm³/mol. The first-order valence-electron chi connectivity index (χ1n) is 5.57. The van der Waals surface area contributed by atoms with E-state index >= 15 is 0 Å². The van der Waals surface area contributed by atoms with Gasteiger partial charge < -0.3 is 10.8 Å². The number of sulfonamides is 1. The van der Waals surface area contributed by atoms with E-state index in [9.17, 15) is 13.5 Å². The smallest absolute Gasteiger partial charge is 0.263 e. The summed E-state index contributed by atoms with van der Waals surface area (Å²) in [6, 6.07) is 10.6. The van der Waals surface area contributed by atoms with Gasteiger partial charge in [-0.25, -0.2) is 8.42 Å². The van der Waals surface area contributed by atoms with Crippen LogP contribution in [0.2, 0.25) is 0 Å². The predicted octanol–water partition coefficient (Wildman–Crippen LogP) is 2.08. The third-order valence-electron chi connectivity index (χ3n) is 2.66. The largest absolute Gasteiger partial charge is 0.508 e. The van der Waals surface area contributed by atoms with E-state index in [-0.39, 0.29) is 16.3 Å². The van der Waals surface area contributed by atoms with Crippen molar-refractivity contribution in [2.45, 2.75) is 11.8 Å². The number of anilines is 2. The molecule has 100 valence electrons. The monoisotopic (exact) mass is 278 g/mol. The van der Waals surface area contributed by atoms with Gasteiger partial charge in [0.1, 0.15) is 10.6 Å². The molecule has 0 aromatic heterocycles. The maximum atomic E-state index is 12.2. The molecule has 19 heavy (non-hydrogen) atoms. The number of phenols is 1. The number of aryl methyl sites for hydroxylation is 1. The first-order valence-corrected chi connectivity index (χ1v) is 7.05. The standard InChI is InChI=1S/C13H14N2O3S/c1-9-8-10(16)6-7-12(9)15-19(17,18)13-5-3-2-4-11(13)14/h2-8,15-16H,14H2,1H3. The normalized spacial score (nSPS) is 11.2. The summed E-state index contributed by atoms with van der Waals surface area (Å²) in [6.07, 6.45) is 0. The molecule has 2 aromatic rings. The number of para-hydroxylation sites is 1. The van der Waals surface area contributed by atoms with E-state index in [4.69, 9.17) is 5.73 Å². The van der Waals surface area contributed by atoms with Crippen LogP contribution in [0.1, 0.15) is 5.56 Å². The molecule has 0 saturated carbocycles. The highest BCUT2D eigenvalue weighted by Gasteiger charge is 2.17. The molecule has 0 unspecified atom stereocenters. The summed E-state index contributed by atoms with van der Waals surface area (Å²) in [5.74, 6) is 0.0830. The molecular weight excluding hydrogens is 264 g/mol. The van der Waals surface area contributed by atoms with Crippen molar-refractivity contribution in [1.82, 2.24) is 0 Å². The van der Waals surface area contributed by atoms with Gasteiger partial charge in [-0.15, -0.1) is 0 Å². The first-order chi connectivity index (χ1) is 8.90. The molecule has 0 aliphatic heterocycles. The number of hydrogen-bond acceptors (Lipinski definition) is 4. The first kappa shape index (κ1) is 13.2. The highest BCUT2D eigenvalue weighted by molar-refractivity contribution is 7.92. The topological polar surface area (TPSA) is 92.4 Å². The summed E-state index contributed by atoms with van der Waals surface area (Å²) < 4.78 is 26.9. The lowest BCUT2D eigenvalue weighted by atomic mass is 10.2. The number of nitrogen functional groups attached to an aromatic ring is 1. The number of hydrogen-bond donors (Lipinski definition) is 3. The Morgan fingerprint density at radius 3 is 2.47 bits per heavy atom. The zero-order valence-electron chi connectivity index (χ0n) is 10.3. The lowest BCUT2D eigenvalue weighted by Gasteiger charge is -2.12. The maximum absolute atomic E-state index is 12.2. The average Bonchev–Trinajstić information content (AvgIpc) is 2.33. The molecule has 0 heterocycles. The molecule has 5 nitrogen and oxygen atoms in total. The van der Waals surface area contributed by atoms with Gasteiger partial charge in [-0.3, -0.25) is 4.72 Å². The van der Waals surface area contributed by atoms with Crippen LogP contribution < -0.4 is 10.5 Å². The van der Waals surface area contributed by atoms with Crippen molar-refractivity contribution in [2.75, 3.05) is 10.5 Å². The Morgan fingerprint density at radius 2 is 1.84 bits per heavy atom. The van der Waals surface area contributed by atoms with E-state index < -0.39 is 10.0 Å². The molecule has 6 heteroatoms. The van der Waals surface area contributed by atoms with Crippen molar-refractivity contribution >= 4 is 21.4 Å². The Morgan fingerprint density at radius 1 is 1.16 bits per heavy atom. The second-order valence-electron chi connectivity index (χ2n) is 4.14. The van der Waals surface area contributed by atoms with Crippen LogP contribution in [0.5, 0.6) is 5.75 Å². The minimum Gasteiger partial charge on any atom is -0.508 e. The van der Waals surface area contributed by atoms with Gasteiger partial charge in [0, 0.05) is 0 Å². The second kappa shape index (κ2) is 4.81. The number of nitrogens with two attached hydrogens (primary N) is 1. The molecule has 0 saturated heterocycles. The lowest BCUT2D eigenvalue weighted by Crippen LogP contribution is -2.15. The van der Waals surface area contributed by atoms with E-state index in [1.54, 1.807) is 19.1 Å². The molecule has 0 aliphatic carbocycles. The lowest BCUT2D eigenvalue weighted by molar-refractivity contribution is 0.475. The second-order valence-corrected chi connectivity index (χ2v) is 5.79. The van der Waals surface area contributed by atoms with Crippen molar-refractivity contribution < 1.29 is 13.5 Å². The Bertz CT molecular complexity index is 712. The fourth-order valence-electron chi connectivity index (χ4n) is 1.69. The molecule has 0 amide bonds. The summed E-state index contributed by atoms with van der Waals surface area (Å²) in [4.78, 5) is 0.0301. The van der Waals surface area contributed by atoms with Crippen molar-refractivity contribution in [1.29, 1.82) is 0 Å². The van der Waals surface area contributed by atoms with Crippen molar-refractivity contribution in [3.63, 3.8) is 0 Å². The molecule has 0 aliphatic rings. The highest BCUT2D eigenvalue weighted by Crippen LogP contribution is 2.25. The Balaban J connectivity index is 2.40. The van der Waals surface area contributed by atoms with Gasteiger partial charge in [-0.2, -0.15) is 0 Å². The Labute approximate surface area is 111 Å². The van der Waals surface area contributed by atoms with Crippen LogP contribution in [-0.2, 0) is 10.0 Å². The van der Waals surface area contributed by atoms with E-state index in [2.05, 4.69) is 4.72 Å². The van der Waals surface area contributed by atoms with E-state index in [1.165, 1.54) is 30.3 Å². The Kier molecular flexibility index (Phi) is 3.35. The van der Waals surface area contributed by atoms with Crippen LogP contribution in [0, 0.1) is 6.92 Å². The summed E-state index contributed by atoms with van der Waals surface area (Å²) in [6.45, 7) is 1.70. The highest BCUT2D eigenvalue weighted by atomic mass is 32.2. The van der Waals surface area contributed by atoms with Gasteiger partial charge in [0.2, 0.25) is 0 Å². The van der Waals surface area contributed by atoms with E-state index in [0.717, 1.165) is 0 Å². The number of rotatable bonds is 3. The number of benzene rings is 2. The van der Waals surface area contributed by atoms with Gasteiger partial charge in [-0.05, 0) is 42.8 Å². The average molecular weight is 278 g/mol. The third-order valence-corrected chi connectivity index (χ3v) is 4.10. The molecule has 0 atom stereocenters. The summed E-state index contributed by atoms with van der Waals surface area (Å²) in [5, 5.41) is 9.30. The van der Waals surface area contributed by atoms with Gasteiger partial charge in [0.05, 0.1) is 11.4 Å². The summed E-state index contributed by atoms with van der Waals surface area (Å²) >= 11 is 0. The van der Waals surface area contributed by atoms with Gasteiger partial charge in [-0.1, -0.05) is 12.1 Å². The van der Waals surface area contributed by atoms with Crippen molar-refractivity contribution in [3.8, 4) is 5.75 Å².